The van der Waals surface area contributed by atoms with E-state index in [2.05, 4.69) is 77.0 Å². The number of hydrogen-bond acceptors (Lipinski definition) is 2. The van der Waals surface area contributed by atoms with Gasteiger partial charge in [0, 0.05) is 25.8 Å². The predicted molar refractivity (Wildman–Crippen MR) is 90.4 cm³/mol. The van der Waals surface area contributed by atoms with Gasteiger partial charge in [0.2, 0.25) is 0 Å². The van der Waals surface area contributed by atoms with Crippen LogP contribution in [0.4, 0.5) is 5.69 Å². The van der Waals surface area contributed by atoms with Crippen molar-refractivity contribution in [3.8, 4) is 0 Å². The SMILES string of the molecule is Cc1cc(N(C)CC(C)(C)C)ccc1CNCC(C)C. The molecule has 0 atom stereocenters. The Labute approximate surface area is 125 Å². The summed E-state index contributed by atoms with van der Waals surface area (Å²) in [6.07, 6.45) is 0. The third-order valence-corrected chi connectivity index (χ3v) is 3.35. The monoisotopic (exact) mass is 276 g/mol. The topological polar surface area (TPSA) is 15.3 Å². The zero-order chi connectivity index (χ0) is 15.3. The third-order valence-electron chi connectivity index (χ3n) is 3.35. The number of nitrogens with one attached hydrogen (secondary N) is 1. The Bertz CT molecular complexity index is 416. The molecule has 0 spiro atoms. The number of rotatable bonds is 6. The van der Waals surface area contributed by atoms with E-state index in [0.717, 1.165) is 19.6 Å². The summed E-state index contributed by atoms with van der Waals surface area (Å²) in [5.41, 5.74) is 4.41. The minimum absolute atomic E-state index is 0.320. The number of anilines is 1. The molecule has 0 unspecified atom stereocenters. The summed E-state index contributed by atoms with van der Waals surface area (Å²) >= 11 is 0. The summed E-state index contributed by atoms with van der Waals surface area (Å²) < 4.78 is 0. The molecule has 20 heavy (non-hydrogen) atoms. The van der Waals surface area contributed by atoms with Crippen LogP contribution in [-0.2, 0) is 6.54 Å². The fraction of sp³-hybridized carbons (Fsp3) is 0.667. The molecular formula is C18H32N2. The normalized spacial score (nSPS) is 12.0. The van der Waals surface area contributed by atoms with Crippen LogP contribution in [0.1, 0.15) is 45.7 Å². The highest BCUT2D eigenvalue weighted by atomic mass is 15.1. The van der Waals surface area contributed by atoms with Crippen molar-refractivity contribution in [1.82, 2.24) is 5.32 Å². The van der Waals surface area contributed by atoms with Crippen molar-refractivity contribution in [1.29, 1.82) is 0 Å². The number of aryl methyl sites for hydroxylation is 1. The van der Waals surface area contributed by atoms with Crippen molar-refractivity contribution in [2.75, 3.05) is 25.0 Å². The Morgan fingerprint density at radius 2 is 1.85 bits per heavy atom. The Kier molecular flexibility index (Phi) is 6.07. The summed E-state index contributed by atoms with van der Waals surface area (Å²) in [7, 11) is 2.18. The Morgan fingerprint density at radius 3 is 2.35 bits per heavy atom. The van der Waals surface area contributed by atoms with E-state index in [9.17, 15) is 0 Å². The summed E-state index contributed by atoms with van der Waals surface area (Å²) in [4.78, 5) is 2.35. The molecular weight excluding hydrogens is 244 g/mol. The van der Waals surface area contributed by atoms with Crippen LogP contribution in [-0.4, -0.2) is 20.1 Å². The summed E-state index contributed by atoms with van der Waals surface area (Å²) in [6, 6.07) is 6.81. The van der Waals surface area contributed by atoms with Gasteiger partial charge < -0.3 is 10.2 Å². The van der Waals surface area contributed by atoms with Crippen LogP contribution in [0.2, 0.25) is 0 Å². The second-order valence-corrected chi connectivity index (χ2v) is 7.55. The predicted octanol–water partition coefficient (Wildman–Crippen LogP) is 4.22. The third kappa shape index (κ3) is 5.96. The molecule has 1 N–H and O–H groups in total. The van der Waals surface area contributed by atoms with Gasteiger partial charge in [-0.1, -0.05) is 40.7 Å². The molecule has 0 radical (unpaired) electrons. The lowest BCUT2D eigenvalue weighted by atomic mass is 9.96. The van der Waals surface area contributed by atoms with Gasteiger partial charge in [0.25, 0.3) is 0 Å². The van der Waals surface area contributed by atoms with Crippen molar-refractivity contribution in [3.05, 3.63) is 29.3 Å². The second-order valence-electron chi connectivity index (χ2n) is 7.55. The van der Waals surface area contributed by atoms with Crippen LogP contribution in [0, 0.1) is 18.3 Å². The maximum absolute atomic E-state index is 3.52. The van der Waals surface area contributed by atoms with Crippen molar-refractivity contribution < 1.29 is 0 Å². The molecule has 2 nitrogen and oxygen atoms in total. The van der Waals surface area contributed by atoms with E-state index in [4.69, 9.17) is 0 Å². The van der Waals surface area contributed by atoms with Crippen LogP contribution in [0.3, 0.4) is 0 Å². The minimum Gasteiger partial charge on any atom is -0.374 e. The van der Waals surface area contributed by atoms with Gasteiger partial charge in [0.1, 0.15) is 0 Å². The van der Waals surface area contributed by atoms with E-state index in [-0.39, 0.29) is 0 Å². The number of benzene rings is 1. The summed E-state index contributed by atoms with van der Waals surface area (Å²) in [6.45, 7) is 16.6. The average Bonchev–Trinajstić information content (AvgIpc) is 2.28. The molecule has 0 aliphatic heterocycles. The van der Waals surface area contributed by atoms with E-state index in [1.54, 1.807) is 0 Å². The molecule has 2 heteroatoms. The maximum Gasteiger partial charge on any atom is 0.0366 e. The summed E-state index contributed by atoms with van der Waals surface area (Å²) in [5.74, 6) is 0.701. The molecule has 114 valence electrons. The van der Waals surface area contributed by atoms with E-state index < -0.39 is 0 Å². The zero-order valence-corrected chi connectivity index (χ0v) is 14.4. The molecule has 0 amide bonds. The number of hydrogen-bond donors (Lipinski definition) is 1. The fourth-order valence-corrected chi connectivity index (χ4v) is 2.41. The average molecular weight is 276 g/mol. The van der Waals surface area contributed by atoms with Crippen LogP contribution in [0.15, 0.2) is 18.2 Å². The minimum atomic E-state index is 0.320. The van der Waals surface area contributed by atoms with Crippen LogP contribution >= 0.6 is 0 Å². The Hall–Kier alpha value is -1.02. The smallest absolute Gasteiger partial charge is 0.0366 e. The van der Waals surface area contributed by atoms with Crippen molar-refractivity contribution >= 4 is 5.69 Å². The second kappa shape index (κ2) is 7.12. The molecule has 1 aromatic rings. The van der Waals surface area contributed by atoms with E-state index in [1.807, 2.05) is 0 Å². The largest absolute Gasteiger partial charge is 0.374 e. The Balaban J connectivity index is 2.67. The molecule has 0 saturated heterocycles. The molecule has 0 heterocycles. The zero-order valence-electron chi connectivity index (χ0n) is 14.4. The highest BCUT2D eigenvalue weighted by molar-refractivity contribution is 5.50. The first-order valence-corrected chi connectivity index (χ1v) is 7.70. The number of nitrogens with zero attached hydrogens (tertiary/aromatic N) is 1. The van der Waals surface area contributed by atoms with Crippen molar-refractivity contribution in [2.24, 2.45) is 11.3 Å². The molecule has 0 fully saturated rings. The molecule has 0 aliphatic rings. The molecule has 0 aromatic heterocycles. The van der Waals surface area contributed by atoms with Crippen molar-refractivity contribution in [2.45, 2.75) is 48.1 Å². The van der Waals surface area contributed by atoms with Crippen molar-refractivity contribution in [3.63, 3.8) is 0 Å². The Morgan fingerprint density at radius 1 is 1.20 bits per heavy atom. The first-order valence-electron chi connectivity index (χ1n) is 7.70. The van der Waals surface area contributed by atoms with Gasteiger partial charge >= 0.3 is 0 Å². The standard InChI is InChI=1S/C18H32N2/c1-14(2)11-19-12-16-8-9-17(10-15(16)3)20(7)13-18(4,5)6/h8-10,14,19H,11-13H2,1-7H3. The quantitative estimate of drug-likeness (QED) is 0.836. The highest BCUT2D eigenvalue weighted by Crippen LogP contribution is 2.22. The van der Waals surface area contributed by atoms with Gasteiger partial charge in [-0.3, -0.25) is 0 Å². The maximum atomic E-state index is 3.52. The lowest BCUT2D eigenvalue weighted by Gasteiger charge is -2.28. The van der Waals surface area contributed by atoms with Gasteiger partial charge in [-0.2, -0.15) is 0 Å². The van der Waals surface area contributed by atoms with Gasteiger partial charge in [0.15, 0.2) is 0 Å². The van der Waals surface area contributed by atoms with E-state index >= 15 is 0 Å². The van der Waals surface area contributed by atoms with Gasteiger partial charge in [0.05, 0.1) is 0 Å². The highest BCUT2D eigenvalue weighted by Gasteiger charge is 2.14. The van der Waals surface area contributed by atoms with Gasteiger partial charge in [-0.25, -0.2) is 0 Å². The van der Waals surface area contributed by atoms with E-state index in [1.165, 1.54) is 16.8 Å². The lowest BCUT2D eigenvalue weighted by molar-refractivity contribution is 0.419. The molecule has 0 aliphatic carbocycles. The van der Waals surface area contributed by atoms with Crippen LogP contribution in [0.5, 0.6) is 0 Å². The molecule has 0 saturated carbocycles. The van der Waals surface area contributed by atoms with E-state index in [0.29, 0.717) is 11.3 Å². The summed E-state index contributed by atoms with van der Waals surface area (Å²) in [5, 5.41) is 3.52. The fourth-order valence-electron chi connectivity index (χ4n) is 2.41. The first-order chi connectivity index (χ1) is 9.19. The van der Waals surface area contributed by atoms with Gasteiger partial charge in [-0.15, -0.1) is 0 Å². The lowest BCUT2D eigenvalue weighted by Crippen LogP contribution is -2.29. The first kappa shape index (κ1) is 17.0. The molecule has 0 bridgehead atoms. The molecule has 1 aromatic carbocycles. The van der Waals surface area contributed by atoms with Crippen LogP contribution in [0.25, 0.3) is 0 Å². The van der Waals surface area contributed by atoms with Crippen LogP contribution < -0.4 is 10.2 Å². The van der Waals surface area contributed by atoms with Gasteiger partial charge in [-0.05, 0) is 48.1 Å². The molecule has 1 rings (SSSR count).